The highest BCUT2D eigenvalue weighted by Gasteiger charge is 2.35. The predicted molar refractivity (Wildman–Crippen MR) is 94.1 cm³/mol. The summed E-state index contributed by atoms with van der Waals surface area (Å²) in [5.41, 5.74) is -0.189. The summed E-state index contributed by atoms with van der Waals surface area (Å²) in [6, 6.07) is 15.2. The van der Waals surface area contributed by atoms with Gasteiger partial charge >= 0.3 is 6.18 Å². The van der Waals surface area contributed by atoms with E-state index in [1.807, 2.05) is 30.3 Å². The van der Waals surface area contributed by atoms with Gasteiger partial charge in [0.1, 0.15) is 5.82 Å². The number of carbonyl (C=O) groups is 1. The molecule has 8 heteroatoms. The quantitative estimate of drug-likeness (QED) is 0.713. The zero-order chi connectivity index (χ0) is 19.4. The van der Waals surface area contributed by atoms with Gasteiger partial charge in [-0.15, -0.1) is 0 Å². The van der Waals surface area contributed by atoms with Crippen LogP contribution in [0.1, 0.15) is 15.9 Å². The summed E-state index contributed by atoms with van der Waals surface area (Å²) in [7, 11) is 0. The minimum Gasteiger partial charge on any atom is -0.394 e. The molecule has 2 aromatic carbocycles. The summed E-state index contributed by atoms with van der Waals surface area (Å²) < 4.78 is 40.8. The van der Waals surface area contributed by atoms with Crippen LogP contribution in [0.4, 0.5) is 19.0 Å². The second-order valence-electron chi connectivity index (χ2n) is 5.73. The molecule has 0 fully saturated rings. The Kier molecular flexibility index (Phi) is 5.27. The van der Waals surface area contributed by atoms with E-state index in [9.17, 15) is 23.1 Å². The lowest BCUT2D eigenvalue weighted by Crippen LogP contribution is -2.20. The number of rotatable bonds is 5. The van der Waals surface area contributed by atoms with Crippen molar-refractivity contribution >= 4 is 11.7 Å². The number of halogens is 3. The maximum atomic E-state index is 13.1. The van der Waals surface area contributed by atoms with Crippen molar-refractivity contribution in [1.82, 2.24) is 9.78 Å². The summed E-state index contributed by atoms with van der Waals surface area (Å²) in [5.74, 6) is -0.702. The van der Waals surface area contributed by atoms with Gasteiger partial charge < -0.3 is 10.4 Å². The molecule has 1 aromatic heterocycles. The van der Waals surface area contributed by atoms with Gasteiger partial charge in [-0.05, 0) is 12.1 Å². The standard InChI is InChI=1S/C19H16F3N3O2/c20-19(21,22)15-9-5-4-8-14(15)18(27)23-17-12-16(24-25(17)10-11-26)13-6-2-1-3-7-13/h1-9,12,26H,10-11H2,(H,23,27). The van der Waals surface area contributed by atoms with Gasteiger partial charge in [0.15, 0.2) is 0 Å². The highest BCUT2D eigenvalue weighted by Crippen LogP contribution is 2.32. The van der Waals surface area contributed by atoms with Crippen molar-refractivity contribution in [2.75, 3.05) is 11.9 Å². The normalized spacial score (nSPS) is 11.4. The van der Waals surface area contributed by atoms with Crippen molar-refractivity contribution in [3.63, 3.8) is 0 Å². The minimum absolute atomic E-state index is 0.0867. The number of benzene rings is 2. The molecule has 0 aliphatic rings. The third-order valence-electron chi connectivity index (χ3n) is 3.88. The maximum Gasteiger partial charge on any atom is 0.417 e. The number of hydrogen-bond donors (Lipinski definition) is 2. The Morgan fingerprint density at radius 2 is 1.74 bits per heavy atom. The van der Waals surface area contributed by atoms with Crippen LogP contribution < -0.4 is 5.32 Å². The van der Waals surface area contributed by atoms with E-state index in [4.69, 9.17) is 0 Å². The molecule has 1 amide bonds. The molecule has 140 valence electrons. The van der Waals surface area contributed by atoms with Gasteiger partial charge in [-0.25, -0.2) is 4.68 Å². The summed E-state index contributed by atoms with van der Waals surface area (Å²) in [6.45, 7) is -0.152. The SMILES string of the molecule is O=C(Nc1cc(-c2ccccc2)nn1CCO)c1ccccc1C(F)(F)F. The first-order valence-electron chi connectivity index (χ1n) is 8.12. The van der Waals surface area contributed by atoms with Crippen molar-refractivity contribution in [2.45, 2.75) is 12.7 Å². The Labute approximate surface area is 153 Å². The summed E-state index contributed by atoms with van der Waals surface area (Å²) >= 11 is 0. The lowest BCUT2D eigenvalue weighted by Gasteiger charge is -2.13. The van der Waals surface area contributed by atoms with E-state index < -0.39 is 23.2 Å². The number of anilines is 1. The van der Waals surface area contributed by atoms with Gasteiger partial charge in [0.2, 0.25) is 0 Å². The number of aliphatic hydroxyl groups is 1. The lowest BCUT2D eigenvalue weighted by atomic mass is 10.1. The van der Waals surface area contributed by atoms with E-state index in [2.05, 4.69) is 10.4 Å². The fraction of sp³-hybridized carbons (Fsp3) is 0.158. The number of amides is 1. The molecule has 0 spiro atoms. The van der Waals surface area contributed by atoms with Crippen molar-refractivity contribution in [2.24, 2.45) is 0 Å². The average Bonchev–Trinajstić information content (AvgIpc) is 3.04. The average molecular weight is 375 g/mol. The summed E-state index contributed by atoms with van der Waals surface area (Å²) in [4.78, 5) is 12.5. The first kappa shape index (κ1) is 18.7. The molecule has 1 heterocycles. The zero-order valence-electron chi connectivity index (χ0n) is 14.1. The maximum absolute atomic E-state index is 13.1. The fourth-order valence-corrected chi connectivity index (χ4v) is 2.64. The number of alkyl halides is 3. The molecule has 0 saturated carbocycles. The molecule has 0 bridgehead atoms. The fourth-order valence-electron chi connectivity index (χ4n) is 2.64. The third kappa shape index (κ3) is 4.17. The number of nitrogens with zero attached hydrogens (tertiary/aromatic N) is 2. The topological polar surface area (TPSA) is 67.2 Å². The molecule has 2 N–H and O–H groups in total. The van der Waals surface area contributed by atoms with Crippen LogP contribution >= 0.6 is 0 Å². The van der Waals surface area contributed by atoms with Crippen LogP contribution in [-0.2, 0) is 12.7 Å². The third-order valence-corrected chi connectivity index (χ3v) is 3.88. The van der Waals surface area contributed by atoms with Gasteiger partial charge in [0, 0.05) is 11.6 Å². The monoisotopic (exact) mass is 375 g/mol. The smallest absolute Gasteiger partial charge is 0.394 e. The van der Waals surface area contributed by atoms with Gasteiger partial charge in [0.25, 0.3) is 5.91 Å². The van der Waals surface area contributed by atoms with E-state index in [1.165, 1.54) is 16.8 Å². The Balaban J connectivity index is 1.94. The van der Waals surface area contributed by atoms with Crippen molar-refractivity contribution < 1.29 is 23.1 Å². The number of hydrogen-bond acceptors (Lipinski definition) is 3. The van der Waals surface area contributed by atoms with E-state index in [1.54, 1.807) is 6.07 Å². The molecule has 0 radical (unpaired) electrons. The largest absolute Gasteiger partial charge is 0.417 e. The van der Waals surface area contributed by atoms with Crippen LogP contribution in [0.15, 0.2) is 60.7 Å². The number of aromatic nitrogens is 2. The minimum atomic E-state index is -4.64. The van der Waals surface area contributed by atoms with E-state index in [-0.39, 0.29) is 19.0 Å². The molecule has 0 unspecified atom stereocenters. The first-order valence-corrected chi connectivity index (χ1v) is 8.12. The molecule has 3 aromatic rings. The molecule has 27 heavy (non-hydrogen) atoms. The number of aliphatic hydroxyl groups excluding tert-OH is 1. The Hall–Kier alpha value is -3.13. The highest BCUT2D eigenvalue weighted by molar-refractivity contribution is 6.05. The molecule has 0 saturated heterocycles. The van der Waals surface area contributed by atoms with Gasteiger partial charge in [-0.1, -0.05) is 42.5 Å². The van der Waals surface area contributed by atoms with Crippen LogP contribution in [0.25, 0.3) is 11.3 Å². The molecule has 0 aliphatic carbocycles. The van der Waals surface area contributed by atoms with Crippen LogP contribution in [0, 0.1) is 0 Å². The van der Waals surface area contributed by atoms with Crippen molar-refractivity contribution in [1.29, 1.82) is 0 Å². The number of nitrogens with one attached hydrogen (secondary N) is 1. The lowest BCUT2D eigenvalue weighted by molar-refractivity contribution is -0.137. The van der Waals surface area contributed by atoms with Gasteiger partial charge in [-0.2, -0.15) is 18.3 Å². The first-order chi connectivity index (χ1) is 12.9. The van der Waals surface area contributed by atoms with Crippen LogP contribution in [-0.4, -0.2) is 27.4 Å². The molecule has 5 nitrogen and oxygen atoms in total. The summed E-state index contributed by atoms with van der Waals surface area (Å²) in [6.07, 6.45) is -4.64. The van der Waals surface area contributed by atoms with Crippen LogP contribution in [0.3, 0.4) is 0 Å². The molecular weight excluding hydrogens is 359 g/mol. The van der Waals surface area contributed by atoms with E-state index >= 15 is 0 Å². The van der Waals surface area contributed by atoms with E-state index in [0.717, 1.165) is 17.7 Å². The zero-order valence-corrected chi connectivity index (χ0v) is 14.1. The molecular formula is C19H16F3N3O2. The Bertz CT molecular complexity index is 937. The molecule has 3 rings (SSSR count). The van der Waals surface area contributed by atoms with Gasteiger partial charge in [-0.3, -0.25) is 4.79 Å². The second-order valence-corrected chi connectivity index (χ2v) is 5.73. The Morgan fingerprint density at radius 1 is 1.07 bits per heavy atom. The highest BCUT2D eigenvalue weighted by atomic mass is 19.4. The van der Waals surface area contributed by atoms with Crippen LogP contribution in [0.2, 0.25) is 0 Å². The number of carbonyl (C=O) groups excluding carboxylic acids is 1. The molecule has 0 atom stereocenters. The molecule has 0 aliphatic heterocycles. The van der Waals surface area contributed by atoms with Crippen molar-refractivity contribution in [3.8, 4) is 11.3 Å². The summed E-state index contributed by atoms with van der Waals surface area (Å²) in [5, 5.41) is 16.0. The van der Waals surface area contributed by atoms with Crippen LogP contribution in [0.5, 0.6) is 0 Å². The predicted octanol–water partition coefficient (Wildman–Crippen LogP) is 3.81. The Morgan fingerprint density at radius 3 is 2.41 bits per heavy atom. The van der Waals surface area contributed by atoms with Crippen molar-refractivity contribution in [3.05, 3.63) is 71.8 Å². The van der Waals surface area contributed by atoms with E-state index in [0.29, 0.717) is 5.69 Å². The second kappa shape index (κ2) is 7.63. The van der Waals surface area contributed by atoms with Gasteiger partial charge in [0.05, 0.1) is 30.0 Å².